The number of carboxylic acid groups (broad SMARTS) is 2. The summed E-state index contributed by atoms with van der Waals surface area (Å²) in [5.74, 6) is -3.23. The molecule has 0 aliphatic heterocycles. The lowest BCUT2D eigenvalue weighted by molar-refractivity contribution is -0.155. The van der Waals surface area contributed by atoms with Gasteiger partial charge in [0.2, 0.25) is 0 Å². The Labute approximate surface area is 92.3 Å². The van der Waals surface area contributed by atoms with E-state index in [2.05, 4.69) is 4.84 Å². The highest BCUT2D eigenvalue weighted by atomic mass is 16.6. The number of rotatable bonds is 7. The first kappa shape index (κ1) is 14.4. The fourth-order valence-corrected chi connectivity index (χ4v) is 1.15. The van der Waals surface area contributed by atoms with E-state index in [0.717, 1.165) is 0 Å². The monoisotopic (exact) mass is 233 g/mol. The van der Waals surface area contributed by atoms with E-state index in [-0.39, 0.29) is 6.61 Å². The van der Waals surface area contributed by atoms with Gasteiger partial charge in [0.25, 0.3) is 5.91 Å². The number of hydrogen-bond donors (Lipinski definition) is 3. The van der Waals surface area contributed by atoms with Crippen molar-refractivity contribution in [3.63, 3.8) is 0 Å². The van der Waals surface area contributed by atoms with Crippen LogP contribution in [0, 0.1) is 5.41 Å². The molecule has 0 aliphatic carbocycles. The van der Waals surface area contributed by atoms with Crippen LogP contribution in [0.3, 0.4) is 0 Å². The van der Waals surface area contributed by atoms with Crippen molar-refractivity contribution < 1.29 is 29.4 Å². The molecule has 0 aliphatic rings. The molecule has 0 bridgehead atoms. The number of hydroxylamine groups is 1. The Morgan fingerprint density at radius 3 is 1.94 bits per heavy atom. The van der Waals surface area contributed by atoms with Gasteiger partial charge in [0.05, 0.1) is 24.9 Å². The summed E-state index contributed by atoms with van der Waals surface area (Å²) in [7, 11) is 0. The van der Waals surface area contributed by atoms with Crippen LogP contribution in [-0.4, -0.2) is 34.7 Å². The summed E-state index contributed by atoms with van der Waals surface area (Å²) in [4.78, 5) is 37.3. The third kappa shape index (κ3) is 4.74. The minimum absolute atomic E-state index is 0.210. The van der Waals surface area contributed by atoms with E-state index in [4.69, 9.17) is 10.2 Å². The molecule has 0 rings (SSSR count). The first-order valence-corrected chi connectivity index (χ1v) is 4.67. The summed E-state index contributed by atoms with van der Waals surface area (Å²) in [5.41, 5.74) is 0.497. The molecule has 92 valence electrons. The maximum Gasteiger partial charge on any atom is 0.304 e. The van der Waals surface area contributed by atoms with Crippen molar-refractivity contribution in [3.05, 3.63) is 0 Å². The van der Waals surface area contributed by atoms with Gasteiger partial charge < -0.3 is 10.2 Å². The number of aliphatic carboxylic acids is 2. The zero-order valence-electron chi connectivity index (χ0n) is 9.15. The van der Waals surface area contributed by atoms with E-state index in [9.17, 15) is 14.4 Å². The van der Waals surface area contributed by atoms with Crippen molar-refractivity contribution in [1.29, 1.82) is 0 Å². The lowest BCUT2D eigenvalue weighted by Crippen LogP contribution is -2.41. The Bertz CT molecular complexity index is 272. The van der Waals surface area contributed by atoms with Gasteiger partial charge in [-0.15, -0.1) is 0 Å². The summed E-state index contributed by atoms with van der Waals surface area (Å²) in [6.07, 6.45) is -1.14. The second kappa shape index (κ2) is 6.06. The lowest BCUT2D eigenvalue weighted by Gasteiger charge is -2.24. The molecule has 3 N–H and O–H groups in total. The minimum atomic E-state index is -1.52. The number of carbonyl (C=O) groups is 3. The largest absolute Gasteiger partial charge is 0.481 e. The van der Waals surface area contributed by atoms with E-state index in [1.165, 1.54) is 6.92 Å². The number of nitrogens with one attached hydrogen (secondary N) is 1. The Hall–Kier alpha value is -1.63. The summed E-state index contributed by atoms with van der Waals surface area (Å²) in [6.45, 7) is 3.11. The second-order valence-corrected chi connectivity index (χ2v) is 3.57. The molecule has 0 aromatic heterocycles. The first-order chi connectivity index (χ1) is 7.31. The maximum absolute atomic E-state index is 11.5. The van der Waals surface area contributed by atoms with Crippen LogP contribution in [0.15, 0.2) is 0 Å². The smallest absolute Gasteiger partial charge is 0.304 e. The van der Waals surface area contributed by atoms with Gasteiger partial charge in [-0.1, -0.05) is 0 Å². The fourth-order valence-electron chi connectivity index (χ4n) is 1.15. The molecule has 0 unspecified atom stereocenters. The molecular formula is C9H15NO6. The van der Waals surface area contributed by atoms with Gasteiger partial charge in [-0.2, -0.15) is 0 Å². The van der Waals surface area contributed by atoms with Crippen LogP contribution in [0.4, 0.5) is 0 Å². The number of amides is 1. The molecule has 0 spiro atoms. The number of hydrogen-bond acceptors (Lipinski definition) is 4. The van der Waals surface area contributed by atoms with Gasteiger partial charge >= 0.3 is 11.9 Å². The molecule has 7 nitrogen and oxygen atoms in total. The SMILES string of the molecule is CCONC(=O)C(C)(CC(=O)O)CC(=O)O. The molecule has 7 heteroatoms. The van der Waals surface area contributed by atoms with Crippen molar-refractivity contribution in [2.75, 3.05) is 6.61 Å². The van der Waals surface area contributed by atoms with Crippen molar-refractivity contribution >= 4 is 17.8 Å². The van der Waals surface area contributed by atoms with Crippen molar-refractivity contribution in [3.8, 4) is 0 Å². The van der Waals surface area contributed by atoms with Crippen LogP contribution in [0.2, 0.25) is 0 Å². The molecule has 0 aromatic rings. The molecule has 16 heavy (non-hydrogen) atoms. The van der Waals surface area contributed by atoms with E-state index in [1.807, 2.05) is 5.48 Å². The minimum Gasteiger partial charge on any atom is -0.481 e. The zero-order chi connectivity index (χ0) is 12.8. The predicted octanol–water partition coefficient (Wildman–Crippen LogP) is 0.00980. The molecule has 0 radical (unpaired) electrons. The van der Waals surface area contributed by atoms with E-state index in [1.54, 1.807) is 6.92 Å². The van der Waals surface area contributed by atoms with Crippen LogP contribution < -0.4 is 5.48 Å². The third-order valence-corrected chi connectivity index (χ3v) is 1.94. The second-order valence-electron chi connectivity index (χ2n) is 3.57. The molecular weight excluding hydrogens is 218 g/mol. The molecule has 0 atom stereocenters. The molecule has 0 heterocycles. The van der Waals surface area contributed by atoms with Crippen LogP contribution in [0.5, 0.6) is 0 Å². The van der Waals surface area contributed by atoms with Crippen LogP contribution >= 0.6 is 0 Å². The fraction of sp³-hybridized carbons (Fsp3) is 0.667. The van der Waals surface area contributed by atoms with Gasteiger partial charge in [0.1, 0.15) is 0 Å². The van der Waals surface area contributed by atoms with Gasteiger partial charge in [-0.25, -0.2) is 5.48 Å². The zero-order valence-corrected chi connectivity index (χ0v) is 9.15. The Kier molecular flexibility index (Phi) is 5.44. The molecule has 0 saturated carbocycles. The van der Waals surface area contributed by atoms with Crippen molar-refractivity contribution in [2.45, 2.75) is 26.7 Å². The normalized spacial score (nSPS) is 10.9. The van der Waals surface area contributed by atoms with Gasteiger partial charge in [0.15, 0.2) is 0 Å². The van der Waals surface area contributed by atoms with E-state index < -0.39 is 36.1 Å². The topological polar surface area (TPSA) is 113 Å². The summed E-state index contributed by atoms with van der Waals surface area (Å²) in [6, 6.07) is 0. The average Bonchev–Trinajstić information content (AvgIpc) is 2.11. The number of carbonyl (C=O) groups excluding carboxylic acids is 1. The number of carboxylic acids is 2. The first-order valence-electron chi connectivity index (χ1n) is 4.67. The maximum atomic E-state index is 11.5. The highest BCUT2D eigenvalue weighted by Crippen LogP contribution is 2.26. The third-order valence-electron chi connectivity index (χ3n) is 1.94. The Morgan fingerprint density at radius 1 is 1.19 bits per heavy atom. The molecule has 0 fully saturated rings. The average molecular weight is 233 g/mol. The van der Waals surface area contributed by atoms with Crippen LogP contribution in [0.25, 0.3) is 0 Å². The predicted molar refractivity (Wildman–Crippen MR) is 52.4 cm³/mol. The van der Waals surface area contributed by atoms with Gasteiger partial charge in [0, 0.05) is 0 Å². The van der Waals surface area contributed by atoms with Crippen LogP contribution in [0.1, 0.15) is 26.7 Å². The quantitative estimate of drug-likeness (QED) is 0.534. The summed E-state index contributed by atoms with van der Waals surface area (Å²) < 4.78 is 0. The van der Waals surface area contributed by atoms with Crippen LogP contribution in [-0.2, 0) is 19.2 Å². The highest BCUT2D eigenvalue weighted by molar-refractivity contribution is 5.89. The summed E-state index contributed by atoms with van der Waals surface area (Å²) >= 11 is 0. The van der Waals surface area contributed by atoms with Crippen molar-refractivity contribution in [2.24, 2.45) is 5.41 Å². The Balaban J connectivity index is 4.69. The van der Waals surface area contributed by atoms with Gasteiger partial charge in [-0.3, -0.25) is 19.2 Å². The molecule has 1 amide bonds. The van der Waals surface area contributed by atoms with Gasteiger partial charge in [-0.05, 0) is 13.8 Å². The van der Waals surface area contributed by atoms with E-state index >= 15 is 0 Å². The van der Waals surface area contributed by atoms with Crippen molar-refractivity contribution in [1.82, 2.24) is 5.48 Å². The highest BCUT2D eigenvalue weighted by Gasteiger charge is 2.38. The van der Waals surface area contributed by atoms with E-state index in [0.29, 0.717) is 0 Å². The molecule has 0 aromatic carbocycles. The standard InChI is InChI=1S/C9H15NO6/c1-3-16-10-8(15)9(2,4-6(11)12)5-7(13)14/h3-5H2,1-2H3,(H,10,15)(H,11,12)(H,13,14). The summed E-state index contributed by atoms with van der Waals surface area (Å²) in [5, 5.41) is 17.2. The Morgan fingerprint density at radius 2 is 1.62 bits per heavy atom. The molecule has 0 saturated heterocycles. The lowest BCUT2D eigenvalue weighted by atomic mass is 9.82.